The second-order valence-electron chi connectivity index (χ2n) is 4.63. The molecule has 14 heavy (non-hydrogen) atoms. The zero-order valence-electron chi connectivity index (χ0n) is 9.09. The smallest absolute Gasteiger partial charge is 0.0344 e. The summed E-state index contributed by atoms with van der Waals surface area (Å²) in [6.45, 7) is 4.49. The van der Waals surface area contributed by atoms with E-state index in [1.165, 1.54) is 30.5 Å². The molecule has 0 bridgehead atoms. The SMILES string of the molecule is Cc1cccc(N[C@H]2CC[C@@H](C)C2)c1. The van der Waals surface area contributed by atoms with Crippen LogP contribution in [0.25, 0.3) is 0 Å². The number of rotatable bonds is 2. The van der Waals surface area contributed by atoms with Gasteiger partial charge in [0.25, 0.3) is 0 Å². The minimum Gasteiger partial charge on any atom is -0.382 e. The van der Waals surface area contributed by atoms with Gasteiger partial charge in [-0.2, -0.15) is 0 Å². The fraction of sp³-hybridized carbons (Fsp3) is 0.538. The molecule has 1 saturated carbocycles. The fourth-order valence-corrected chi connectivity index (χ4v) is 2.31. The van der Waals surface area contributed by atoms with Crippen molar-refractivity contribution in [3.05, 3.63) is 29.8 Å². The van der Waals surface area contributed by atoms with E-state index in [4.69, 9.17) is 0 Å². The summed E-state index contributed by atoms with van der Waals surface area (Å²) in [4.78, 5) is 0. The Morgan fingerprint density at radius 2 is 2.14 bits per heavy atom. The van der Waals surface area contributed by atoms with Gasteiger partial charge in [0, 0.05) is 11.7 Å². The highest BCUT2D eigenvalue weighted by atomic mass is 14.9. The van der Waals surface area contributed by atoms with Crippen LogP contribution in [0.3, 0.4) is 0 Å². The quantitative estimate of drug-likeness (QED) is 0.749. The number of hydrogen-bond acceptors (Lipinski definition) is 1. The maximum atomic E-state index is 3.61. The molecule has 2 rings (SSSR count). The molecular formula is C13H19N. The lowest BCUT2D eigenvalue weighted by Gasteiger charge is -2.14. The van der Waals surface area contributed by atoms with Gasteiger partial charge in [0.15, 0.2) is 0 Å². The van der Waals surface area contributed by atoms with E-state index in [9.17, 15) is 0 Å². The van der Waals surface area contributed by atoms with Crippen LogP contribution in [-0.4, -0.2) is 6.04 Å². The van der Waals surface area contributed by atoms with Crippen molar-refractivity contribution in [1.29, 1.82) is 0 Å². The van der Waals surface area contributed by atoms with Crippen molar-refractivity contribution >= 4 is 5.69 Å². The first-order valence-corrected chi connectivity index (χ1v) is 5.57. The first kappa shape index (κ1) is 9.57. The summed E-state index contributed by atoms with van der Waals surface area (Å²) in [7, 11) is 0. The van der Waals surface area contributed by atoms with Crippen LogP contribution in [0.5, 0.6) is 0 Å². The second kappa shape index (κ2) is 4.04. The Bertz CT molecular complexity index is 306. The fourth-order valence-electron chi connectivity index (χ4n) is 2.31. The van der Waals surface area contributed by atoms with Crippen LogP contribution in [0, 0.1) is 12.8 Å². The van der Waals surface area contributed by atoms with Gasteiger partial charge in [-0.25, -0.2) is 0 Å². The van der Waals surface area contributed by atoms with Crippen molar-refractivity contribution < 1.29 is 0 Å². The molecule has 1 nitrogen and oxygen atoms in total. The monoisotopic (exact) mass is 189 g/mol. The molecule has 1 fully saturated rings. The highest BCUT2D eigenvalue weighted by Gasteiger charge is 2.20. The first-order valence-electron chi connectivity index (χ1n) is 5.57. The van der Waals surface area contributed by atoms with Gasteiger partial charge in [-0.05, 0) is 49.8 Å². The third-order valence-corrected chi connectivity index (χ3v) is 3.08. The molecule has 0 spiro atoms. The third-order valence-electron chi connectivity index (χ3n) is 3.08. The van der Waals surface area contributed by atoms with Crippen LogP contribution < -0.4 is 5.32 Å². The molecule has 0 aliphatic heterocycles. The van der Waals surface area contributed by atoms with Crippen LogP contribution in [0.1, 0.15) is 31.7 Å². The van der Waals surface area contributed by atoms with E-state index in [2.05, 4.69) is 43.4 Å². The van der Waals surface area contributed by atoms with Gasteiger partial charge in [-0.1, -0.05) is 19.1 Å². The van der Waals surface area contributed by atoms with Crippen molar-refractivity contribution in [3.8, 4) is 0 Å². The van der Waals surface area contributed by atoms with Crippen molar-refractivity contribution in [2.75, 3.05) is 5.32 Å². The average Bonchev–Trinajstić information content (AvgIpc) is 2.51. The molecular weight excluding hydrogens is 170 g/mol. The molecule has 1 aromatic rings. The average molecular weight is 189 g/mol. The number of anilines is 1. The van der Waals surface area contributed by atoms with E-state index in [-0.39, 0.29) is 0 Å². The second-order valence-corrected chi connectivity index (χ2v) is 4.63. The maximum Gasteiger partial charge on any atom is 0.0344 e. The van der Waals surface area contributed by atoms with E-state index in [0.29, 0.717) is 6.04 Å². The molecule has 0 aromatic heterocycles. The lowest BCUT2D eigenvalue weighted by atomic mass is 10.1. The maximum absolute atomic E-state index is 3.61. The van der Waals surface area contributed by atoms with Crippen LogP contribution >= 0.6 is 0 Å². The van der Waals surface area contributed by atoms with Gasteiger partial charge < -0.3 is 5.32 Å². The molecule has 0 amide bonds. The van der Waals surface area contributed by atoms with Gasteiger partial charge in [0.1, 0.15) is 0 Å². The highest BCUT2D eigenvalue weighted by molar-refractivity contribution is 5.46. The molecule has 2 atom stereocenters. The highest BCUT2D eigenvalue weighted by Crippen LogP contribution is 2.27. The number of hydrogen-bond donors (Lipinski definition) is 1. The summed E-state index contributed by atoms with van der Waals surface area (Å²) in [5, 5.41) is 3.61. The van der Waals surface area contributed by atoms with E-state index in [0.717, 1.165) is 5.92 Å². The zero-order chi connectivity index (χ0) is 9.97. The van der Waals surface area contributed by atoms with Crippen molar-refractivity contribution in [2.45, 2.75) is 39.2 Å². The molecule has 1 aliphatic carbocycles. The Balaban J connectivity index is 1.97. The summed E-state index contributed by atoms with van der Waals surface area (Å²) >= 11 is 0. The Kier molecular flexibility index (Phi) is 2.76. The lowest BCUT2D eigenvalue weighted by molar-refractivity contribution is 0.602. The molecule has 1 N–H and O–H groups in total. The van der Waals surface area contributed by atoms with E-state index >= 15 is 0 Å². The van der Waals surface area contributed by atoms with Gasteiger partial charge >= 0.3 is 0 Å². The Morgan fingerprint density at radius 1 is 1.29 bits per heavy atom. The minimum absolute atomic E-state index is 0.701. The normalized spacial score (nSPS) is 26.4. The van der Waals surface area contributed by atoms with Crippen LogP contribution in [0.2, 0.25) is 0 Å². The number of aryl methyl sites for hydroxylation is 1. The lowest BCUT2D eigenvalue weighted by Crippen LogP contribution is -2.15. The standard InChI is InChI=1S/C13H19N/c1-10-4-3-5-12(8-10)14-13-7-6-11(2)9-13/h3-5,8,11,13-14H,6-7,9H2,1-2H3/t11-,13+/m1/s1. The largest absolute Gasteiger partial charge is 0.382 e. The third kappa shape index (κ3) is 2.28. The van der Waals surface area contributed by atoms with E-state index in [1.54, 1.807) is 0 Å². The van der Waals surface area contributed by atoms with E-state index in [1.807, 2.05) is 0 Å². The molecule has 0 unspecified atom stereocenters. The minimum atomic E-state index is 0.701. The van der Waals surface area contributed by atoms with E-state index < -0.39 is 0 Å². The van der Waals surface area contributed by atoms with Crippen molar-refractivity contribution in [2.24, 2.45) is 5.92 Å². The van der Waals surface area contributed by atoms with Crippen molar-refractivity contribution in [1.82, 2.24) is 0 Å². The summed E-state index contributed by atoms with van der Waals surface area (Å²) in [5.41, 5.74) is 2.62. The molecule has 1 aliphatic rings. The Hall–Kier alpha value is -0.980. The topological polar surface area (TPSA) is 12.0 Å². The predicted octanol–water partition coefficient (Wildman–Crippen LogP) is 3.60. The molecule has 0 heterocycles. The number of benzene rings is 1. The van der Waals surface area contributed by atoms with Crippen LogP contribution in [0.4, 0.5) is 5.69 Å². The van der Waals surface area contributed by atoms with Gasteiger partial charge in [-0.3, -0.25) is 0 Å². The summed E-state index contributed by atoms with van der Waals surface area (Å²) in [6, 6.07) is 9.35. The molecule has 1 aromatic carbocycles. The summed E-state index contributed by atoms with van der Waals surface area (Å²) in [6.07, 6.45) is 4.03. The Morgan fingerprint density at radius 3 is 2.79 bits per heavy atom. The predicted molar refractivity (Wildman–Crippen MR) is 61.6 cm³/mol. The zero-order valence-corrected chi connectivity index (χ0v) is 9.09. The van der Waals surface area contributed by atoms with Crippen LogP contribution in [0.15, 0.2) is 24.3 Å². The van der Waals surface area contributed by atoms with Crippen LogP contribution in [-0.2, 0) is 0 Å². The van der Waals surface area contributed by atoms with Gasteiger partial charge in [0.05, 0.1) is 0 Å². The van der Waals surface area contributed by atoms with Gasteiger partial charge in [-0.15, -0.1) is 0 Å². The summed E-state index contributed by atoms with van der Waals surface area (Å²) < 4.78 is 0. The number of nitrogens with one attached hydrogen (secondary N) is 1. The first-order chi connectivity index (χ1) is 6.74. The molecule has 0 radical (unpaired) electrons. The summed E-state index contributed by atoms with van der Waals surface area (Å²) in [5.74, 6) is 0.900. The van der Waals surface area contributed by atoms with Crippen molar-refractivity contribution in [3.63, 3.8) is 0 Å². The van der Waals surface area contributed by atoms with Gasteiger partial charge in [0.2, 0.25) is 0 Å². The molecule has 76 valence electrons. The Labute approximate surface area is 86.5 Å². The molecule has 0 saturated heterocycles. The molecule has 1 heteroatoms.